The Morgan fingerprint density at radius 1 is 1.35 bits per heavy atom. The molecule has 20 heavy (non-hydrogen) atoms. The van der Waals surface area contributed by atoms with Crippen LogP contribution in [0.3, 0.4) is 0 Å². The van der Waals surface area contributed by atoms with E-state index < -0.39 is 0 Å². The second-order valence-corrected chi connectivity index (χ2v) is 6.17. The number of hydrogen-bond donors (Lipinski definition) is 1. The third-order valence-electron chi connectivity index (χ3n) is 4.98. The van der Waals surface area contributed by atoms with Crippen molar-refractivity contribution in [3.63, 3.8) is 0 Å². The lowest BCUT2D eigenvalue weighted by atomic mass is 9.75. The van der Waals surface area contributed by atoms with Crippen molar-refractivity contribution >= 4 is 0 Å². The van der Waals surface area contributed by atoms with Crippen LogP contribution in [0.15, 0.2) is 12.1 Å². The molecule has 1 aromatic rings. The Morgan fingerprint density at radius 3 is 2.95 bits per heavy atom. The normalized spacial score (nSPS) is 25.9. The summed E-state index contributed by atoms with van der Waals surface area (Å²) in [7, 11) is 1.66. The molecular formula is C17H25NO2. The first-order valence-electron chi connectivity index (χ1n) is 7.86. The molecule has 1 aliphatic heterocycles. The summed E-state index contributed by atoms with van der Waals surface area (Å²) in [5.41, 5.74) is 2.61. The molecule has 1 N–H and O–H groups in total. The number of piperidine rings is 1. The van der Waals surface area contributed by atoms with E-state index >= 15 is 0 Å². The van der Waals surface area contributed by atoms with Crippen molar-refractivity contribution in [2.45, 2.75) is 45.1 Å². The summed E-state index contributed by atoms with van der Waals surface area (Å²) in [6, 6.07) is 4.55. The number of fused-ring (bicyclic) bond motifs is 2. The van der Waals surface area contributed by atoms with Gasteiger partial charge in [-0.3, -0.25) is 4.90 Å². The van der Waals surface area contributed by atoms with Gasteiger partial charge in [0.25, 0.3) is 0 Å². The summed E-state index contributed by atoms with van der Waals surface area (Å²) in [5, 5.41) is 9.96. The Bertz CT molecular complexity index is 484. The highest BCUT2D eigenvalue weighted by Gasteiger charge is 2.36. The minimum absolute atomic E-state index is 0.283. The van der Waals surface area contributed by atoms with Crippen molar-refractivity contribution in [3.05, 3.63) is 23.3 Å². The molecule has 0 unspecified atom stereocenters. The molecule has 0 spiro atoms. The molecule has 110 valence electrons. The van der Waals surface area contributed by atoms with Gasteiger partial charge in [-0.1, -0.05) is 13.0 Å². The highest BCUT2D eigenvalue weighted by molar-refractivity contribution is 5.51. The number of nitrogens with zero attached hydrogens (tertiary/aromatic N) is 1. The monoisotopic (exact) mass is 275 g/mol. The van der Waals surface area contributed by atoms with Crippen molar-refractivity contribution in [1.29, 1.82) is 0 Å². The van der Waals surface area contributed by atoms with E-state index in [1.54, 1.807) is 13.2 Å². The molecule has 1 fully saturated rings. The first kappa shape index (κ1) is 13.7. The highest BCUT2D eigenvalue weighted by Crippen LogP contribution is 2.42. The lowest BCUT2D eigenvalue weighted by Gasteiger charge is -2.45. The van der Waals surface area contributed by atoms with Gasteiger partial charge in [0.15, 0.2) is 11.5 Å². The maximum atomic E-state index is 9.96. The Labute approximate surface area is 121 Å². The van der Waals surface area contributed by atoms with E-state index in [1.165, 1.54) is 43.5 Å². The first-order chi connectivity index (χ1) is 9.74. The fourth-order valence-corrected chi connectivity index (χ4v) is 4.10. The van der Waals surface area contributed by atoms with Gasteiger partial charge in [0.2, 0.25) is 0 Å². The number of phenolic OH excluding ortho intramolecular Hbond substituents is 1. The van der Waals surface area contributed by atoms with Crippen LogP contribution >= 0.6 is 0 Å². The maximum absolute atomic E-state index is 9.96. The number of aromatic hydroxyl groups is 1. The van der Waals surface area contributed by atoms with Crippen LogP contribution in [0.2, 0.25) is 0 Å². The minimum Gasteiger partial charge on any atom is -0.504 e. The number of likely N-dealkylation sites (tertiary alicyclic amines) is 1. The van der Waals surface area contributed by atoms with Crippen LogP contribution < -0.4 is 4.74 Å². The summed E-state index contributed by atoms with van der Waals surface area (Å²) in [6.07, 6.45) is 6.00. The summed E-state index contributed by atoms with van der Waals surface area (Å²) in [4.78, 5) is 2.68. The summed E-state index contributed by atoms with van der Waals surface area (Å²) in [6.45, 7) is 4.73. The Balaban J connectivity index is 1.92. The predicted octanol–water partition coefficient (Wildman–Crippen LogP) is 2.99. The van der Waals surface area contributed by atoms with Gasteiger partial charge in [-0.05, 0) is 62.7 Å². The molecule has 2 atom stereocenters. The summed E-state index contributed by atoms with van der Waals surface area (Å²) >= 11 is 0. The lowest BCUT2D eigenvalue weighted by molar-refractivity contribution is 0.0848. The molecule has 1 heterocycles. The molecule has 3 rings (SSSR count). The van der Waals surface area contributed by atoms with Crippen molar-refractivity contribution in [2.24, 2.45) is 5.92 Å². The van der Waals surface area contributed by atoms with Gasteiger partial charge in [-0.2, -0.15) is 0 Å². The number of methoxy groups -OCH3 is 1. The number of phenols is 1. The molecule has 2 aliphatic rings. The SMILES string of the molecule is CCCN1CCC[C@H]2Cc3c(ccc(O)c3OC)C[C@@H]21. The average Bonchev–Trinajstić information content (AvgIpc) is 2.46. The lowest BCUT2D eigenvalue weighted by Crippen LogP contribution is -2.49. The van der Waals surface area contributed by atoms with E-state index in [2.05, 4.69) is 17.9 Å². The molecule has 0 saturated carbocycles. The fourth-order valence-electron chi connectivity index (χ4n) is 4.10. The molecule has 0 amide bonds. The number of rotatable bonds is 3. The van der Waals surface area contributed by atoms with Crippen LogP contribution in [0, 0.1) is 5.92 Å². The zero-order valence-electron chi connectivity index (χ0n) is 12.6. The highest BCUT2D eigenvalue weighted by atomic mass is 16.5. The molecule has 0 aromatic heterocycles. The Hall–Kier alpha value is -1.22. The first-order valence-corrected chi connectivity index (χ1v) is 7.86. The van der Waals surface area contributed by atoms with Crippen molar-refractivity contribution in [1.82, 2.24) is 4.90 Å². The third kappa shape index (κ3) is 2.28. The standard InChI is InChI=1S/C17H25NO2/c1-3-8-18-9-4-5-13-10-14-12(11-15(13)18)6-7-16(19)17(14)20-2/h6-7,13,15,19H,3-5,8-11H2,1-2H3/t13-,15-/m0/s1. The zero-order valence-corrected chi connectivity index (χ0v) is 12.6. The second kappa shape index (κ2) is 5.65. The molecule has 1 aliphatic carbocycles. The van der Waals surface area contributed by atoms with Gasteiger partial charge in [0.05, 0.1) is 7.11 Å². The van der Waals surface area contributed by atoms with Crippen molar-refractivity contribution < 1.29 is 9.84 Å². The number of ether oxygens (including phenoxy) is 1. The number of hydrogen-bond acceptors (Lipinski definition) is 3. The second-order valence-electron chi connectivity index (χ2n) is 6.17. The minimum atomic E-state index is 0.283. The van der Waals surface area contributed by atoms with Gasteiger partial charge < -0.3 is 9.84 Å². The van der Waals surface area contributed by atoms with E-state index in [0.29, 0.717) is 11.8 Å². The van der Waals surface area contributed by atoms with Crippen LogP contribution in [-0.2, 0) is 12.8 Å². The Kier molecular flexibility index (Phi) is 3.88. The number of benzene rings is 1. The van der Waals surface area contributed by atoms with E-state index in [-0.39, 0.29) is 5.75 Å². The van der Waals surface area contributed by atoms with E-state index in [4.69, 9.17) is 4.74 Å². The average molecular weight is 275 g/mol. The molecular weight excluding hydrogens is 250 g/mol. The zero-order chi connectivity index (χ0) is 14.1. The molecule has 1 saturated heterocycles. The van der Waals surface area contributed by atoms with E-state index in [9.17, 15) is 5.11 Å². The molecule has 3 nitrogen and oxygen atoms in total. The van der Waals surface area contributed by atoms with Crippen molar-refractivity contribution in [2.75, 3.05) is 20.2 Å². The van der Waals surface area contributed by atoms with Gasteiger partial charge in [0, 0.05) is 11.6 Å². The van der Waals surface area contributed by atoms with Gasteiger partial charge >= 0.3 is 0 Å². The topological polar surface area (TPSA) is 32.7 Å². The van der Waals surface area contributed by atoms with Crippen LogP contribution in [0.4, 0.5) is 0 Å². The van der Waals surface area contributed by atoms with Crippen molar-refractivity contribution in [3.8, 4) is 11.5 Å². The predicted molar refractivity (Wildman–Crippen MR) is 80.4 cm³/mol. The summed E-state index contributed by atoms with van der Waals surface area (Å²) < 4.78 is 5.43. The van der Waals surface area contributed by atoms with Crippen LogP contribution in [-0.4, -0.2) is 36.2 Å². The smallest absolute Gasteiger partial charge is 0.163 e. The molecule has 0 bridgehead atoms. The Morgan fingerprint density at radius 2 is 2.20 bits per heavy atom. The van der Waals surface area contributed by atoms with Gasteiger partial charge in [0.1, 0.15) is 0 Å². The van der Waals surface area contributed by atoms with Crippen LogP contribution in [0.5, 0.6) is 11.5 Å². The fraction of sp³-hybridized carbons (Fsp3) is 0.647. The van der Waals surface area contributed by atoms with Gasteiger partial charge in [-0.15, -0.1) is 0 Å². The quantitative estimate of drug-likeness (QED) is 0.920. The van der Waals surface area contributed by atoms with E-state index in [0.717, 1.165) is 18.8 Å². The third-order valence-corrected chi connectivity index (χ3v) is 4.98. The van der Waals surface area contributed by atoms with E-state index in [1.807, 2.05) is 0 Å². The van der Waals surface area contributed by atoms with Crippen LogP contribution in [0.1, 0.15) is 37.3 Å². The van der Waals surface area contributed by atoms with Crippen LogP contribution in [0.25, 0.3) is 0 Å². The summed E-state index contributed by atoms with van der Waals surface area (Å²) in [5.74, 6) is 1.71. The largest absolute Gasteiger partial charge is 0.504 e. The molecule has 3 heteroatoms. The van der Waals surface area contributed by atoms with Gasteiger partial charge in [-0.25, -0.2) is 0 Å². The molecule has 1 aromatic carbocycles. The molecule has 0 radical (unpaired) electrons. The maximum Gasteiger partial charge on any atom is 0.163 e.